The molecule has 0 aliphatic heterocycles. The number of hydrogen-bond donors (Lipinski definition) is 1. The maximum Gasteiger partial charge on any atom is 0.179 e. The van der Waals surface area contributed by atoms with E-state index in [4.69, 9.17) is 4.52 Å². The third-order valence-corrected chi connectivity index (χ3v) is 3.10. The molecule has 0 bridgehead atoms. The largest absolute Gasteiger partial charge is 0.354 e. The highest BCUT2D eigenvalue weighted by Crippen LogP contribution is 2.26. The first kappa shape index (κ1) is 18.2. The summed E-state index contributed by atoms with van der Waals surface area (Å²) < 4.78 is 5.38. The molecule has 4 nitrogen and oxygen atoms in total. The van der Waals surface area contributed by atoms with Crippen molar-refractivity contribution in [3.05, 3.63) is 35.9 Å². The second-order valence-electron chi connectivity index (χ2n) is 5.65. The monoisotopic (exact) mass is 303 g/mol. The van der Waals surface area contributed by atoms with Crippen LogP contribution in [0.15, 0.2) is 34.9 Å². The first-order valence-electron chi connectivity index (χ1n) is 7.93. The van der Waals surface area contributed by atoms with Gasteiger partial charge in [-0.05, 0) is 46.4 Å². The van der Waals surface area contributed by atoms with Crippen molar-refractivity contribution in [3.8, 4) is 0 Å². The summed E-state index contributed by atoms with van der Waals surface area (Å²) in [6.45, 7) is 17.7. The maximum absolute atomic E-state index is 5.38. The molecule has 1 N–H and O–H groups in total. The zero-order valence-electron chi connectivity index (χ0n) is 14.6. The molecule has 1 aromatic heterocycles. The molecule has 0 amide bonds. The number of likely N-dealkylation sites (N-methyl/N-ethyl adjacent to an activating group) is 2. The Balaban J connectivity index is 0.000000541. The number of nitrogens with zero attached hydrogens (tertiary/aromatic N) is 2. The van der Waals surface area contributed by atoms with Crippen molar-refractivity contribution in [2.24, 2.45) is 0 Å². The predicted molar refractivity (Wildman–Crippen MR) is 95.7 cm³/mol. The van der Waals surface area contributed by atoms with E-state index in [1.54, 1.807) is 0 Å². The molecule has 0 aliphatic rings. The Morgan fingerprint density at radius 3 is 2.59 bits per heavy atom. The number of fused-ring (bicyclic) bond motifs is 1. The van der Waals surface area contributed by atoms with Gasteiger partial charge in [-0.25, -0.2) is 0 Å². The van der Waals surface area contributed by atoms with E-state index in [2.05, 4.69) is 48.8 Å². The van der Waals surface area contributed by atoms with E-state index >= 15 is 0 Å². The van der Waals surface area contributed by atoms with Gasteiger partial charge in [0.25, 0.3) is 0 Å². The van der Waals surface area contributed by atoms with E-state index in [9.17, 15) is 0 Å². The van der Waals surface area contributed by atoms with Crippen LogP contribution < -0.4 is 10.2 Å². The van der Waals surface area contributed by atoms with E-state index in [0.29, 0.717) is 0 Å². The number of aryl methyl sites for hydroxylation is 1. The molecule has 0 spiro atoms. The second-order valence-corrected chi connectivity index (χ2v) is 5.65. The van der Waals surface area contributed by atoms with E-state index in [0.717, 1.165) is 43.0 Å². The first-order chi connectivity index (χ1) is 10.5. The van der Waals surface area contributed by atoms with Crippen molar-refractivity contribution >= 4 is 16.8 Å². The minimum Gasteiger partial charge on any atom is -0.354 e. The smallest absolute Gasteiger partial charge is 0.179 e. The van der Waals surface area contributed by atoms with Crippen LogP contribution >= 0.6 is 0 Å². The van der Waals surface area contributed by atoms with Crippen LogP contribution in [0.4, 0.5) is 5.82 Å². The van der Waals surface area contributed by atoms with Gasteiger partial charge in [-0.2, -0.15) is 0 Å². The fourth-order valence-corrected chi connectivity index (χ4v) is 2.07. The topological polar surface area (TPSA) is 41.3 Å². The third-order valence-electron chi connectivity index (χ3n) is 3.10. The van der Waals surface area contributed by atoms with Gasteiger partial charge in [-0.1, -0.05) is 29.3 Å². The Labute approximate surface area is 134 Å². The molecule has 0 saturated carbocycles. The minimum atomic E-state index is 0.859. The van der Waals surface area contributed by atoms with Gasteiger partial charge in [0, 0.05) is 19.6 Å². The molecule has 1 heterocycles. The van der Waals surface area contributed by atoms with Crippen LogP contribution in [0.5, 0.6) is 0 Å². The molecule has 1 aromatic carbocycles. The molecule has 0 aliphatic carbocycles. The van der Waals surface area contributed by atoms with Gasteiger partial charge >= 0.3 is 0 Å². The SMILES string of the molecule is C=C(C)C.CCNCCN(CC)c1noc2ccc(C)cc12. The molecule has 0 fully saturated rings. The summed E-state index contributed by atoms with van der Waals surface area (Å²) >= 11 is 0. The predicted octanol–water partition coefficient (Wildman–Crippen LogP) is 4.15. The van der Waals surface area contributed by atoms with Crippen LogP contribution in [0, 0.1) is 6.92 Å². The third kappa shape index (κ3) is 5.53. The highest BCUT2D eigenvalue weighted by atomic mass is 16.5. The fraction of sp³-hybridized carbons (Fsp3) is 0.500. The average Bonchev–Trinajstić information content (AvgIpc) is 2.86. The van der Waals surface area contributed by atoms with E-state index in [1.807, 2.05) is 26.0 Å². The van der Waals surface area contributed by atoms with Crippen LogP contribution in [0.1, 0.15) is 33.3 Å². The van der Waals surface area contributed by atoms with E-state index in [-0.39, 0.29) is 0 Å². The highest BCUT2D eigenvalue weighted by Gasteiger charge is 2.13. The molecule has 2 aromatic rings. The molecular weight excluding hydrogens is 274 g/mol. The number of anilines is 1. The zero-order valence-corrected chi connectivity index (χ0v) is 14.6. The van der Waals surface area contributed by atoms with Crippen molar-refractivity contribution in [2.45, 2.75) is 34.6 Å². The molecular formula is C18H29N3O. The normalized spacial score (nSPS) is 10.2. The summed E-state index contributed by atoms with van der Waals surface area (Å²) in [7, 11) is 0. The second kappa shape index (κ2) is 9.26. The summed E-state index contributed by atoms with van der Waals surface area (Å²) in [5.74, 6) is 0.953. The number of benzene rings is 1. The van der Waals surface area contributed by atoms with Gasteiger partial charge in [-0.3, -0.25) is 0 Å². The lowest BCUT2D eigenvalue weighted by Gasteiger charge is -2.20. The number of hydrogen-bond acceptors (Lipinski definition) is 4. The molecule has 4 heteroatoms. The lowest BCUT2D eigenvalue weighted by atomic mass is 10.2. The highest BCUT2D eigenvalue weighted by molar-refractivity contribution is 5.89. The zero-order chi connectivity index (χ0) is 16.5. The standard InChI is InChI=1S/C14H21N3O.C4H8/c1-4-15-8-9-17(5-2)14-12-10-11(3)6-7-13(12)18-16-14;1-4(2)3/h6-7,10,15H,4-5,8-9H2,1-3H3;1H2,2-3H3. The number of nitrogens with one attached hydrogen (secondary N) is 1. The summed E-state index contributed by atoms with van der Waals surface area (Å²) in [5, 5.41) is 8.65. The Hall–Kier alpha value is -1.81. The summed E-state index contributed by atoms with van der Waals surface area (Å²) in [6, 6.07) is 6.17. The summed E-state index contributed by atoms with van der Waals surface area (Å²) in [5.41, 5.74) is 3.26. The van der Waals surface area contributed by atoms with Crippen molar-refractivity contribution in [3.63, 3.8) is 0 Å². The molecule has 0 atom stereocenters. The van der Waals surface area contributed by atoms with Crippen LogP contribution in [-0.4, -0.2) is 31.3 Å². The van der Waals surface area contributed by atoms with Crippen molar-refractivity contribution < 1.29 is 4.52 Å². The summed E-state index contributed by atoms with van der Waals surface area (Å²) in [4.78, 5) is 2.24. The number of allylic oxidation sites excluding steroid dienone is 1. The van der Waals surface area contributed by atoms with Crippen molar-refractivity contribution in [2.75, 3.05) is 31.1 Å². The van der Waals surface area contributed by atoms with Crippen LogP contribution in [-0.2, 0) is 0 Å². The molecule has 122 valence electrons. The van der Waals surface area contributed by atoms with E-state index in [1.165, 1.54) is 11.1 Å². The fourth-order valence-electron chi connectivity index (χ4n) is 2.07. The molecule has 0 radical (unpaired) electrons. The van der Waals surface area contributed by atoms with Gasteiger partial charge in [0.05, 0.1) is 5.39 Å². The number of rotatable bonds is 6. The minimum absolute atomic E-state index is 0.859. The Morgan fingerprint density at radius 1 is 1.32 bits per heavy atom. The van der Waals surface area contributed by atoms with Crippen LogP contribution in [0.25, 0.3) is 11.0 Å². The van der Waals surface area contributed by atoms with Gasteiger partial charge in [0.1, 0.15) is 0 Å². The van der Waals surface area contributed by atoms with E-state index < -0.39 is 0 Å². The lowest BCUT2D eigenvalue weighted by molar-refractivity contribution is 0.454. The van der Waals surface area contributed by atoms with Gasteiger partial charge in [0.2, 0.25) is 0 Å². The maximum atomic E-state index is 5.38. The molecule has 2 rings (SSSR count). The molecule has 0 unspecified atom stereocenters. The average molecular weight is 303 g/mol. The van der Waals surface area contributed by atoms with Crippen LogP contribution in [0.3, 0.4) is 0 Å². The van der Waals surface area contributed by atoms with Crippen LogP contribution in [0.2, 0.25) is 0 Å². The lowest BCUT2D eigenvalue weighted by Crippen LogP contribution is -2.32. The van der Waals surface area contributed by atoms with Gasteiger partial charge < -0.3 is 14.7 Å². The summed E-state index contributed by atoms with van der Waals surface area (Å²) in [6.07, 6.45) is 0. The van der Waals surface area contributed by atoms with Crippen molar-refractivity contribution in [1.82, 2.24) is 10.5 Å². The molecule has 0 saturated heterocycles. The first-order valence-corrected chi connectivity index (χ1v) is 7.93. The quantitative estimate of drug-likeness (QED) is 0.643. The van der Waals surface area contributed by atoms with Gasteiger partial charge in [-0.15, -0.1) is 6.58 Å². The van der Waals surface area contributed by atoms with Crippen molar-refractivity contribution in [1.29, 1.82) is 0 Å². The Kier molecular flexibility index (Phi) is 7.67. The Morgan fingerprint density at radius 2 is 2.00 bits per heavy atom. The van der Waals surface area contributed by atoms with Gasteiger partial charge in [0.15, 0.2) is 11.4 Å². The number of aromatic nitrogens is 1. The Bertz CT molecular complexity index is 585. The molecule has 22 heavy (non-hydrogen) atoms.